The largest absolute Gasteiger partial charge is 0.341 e. The topological polar surface area (TPSA) is 98.8 Å². The molecule has 1 aliphatic rings. The van der Waals surface area contributed by atoms with E-state index in [1.807, 2.05) is 39.5 Å². The van der Waals surface area contributed by atoms with Crippen molar-refractivity contribution < 1.29 is 18.0 Å². The first kappa shape index (κ1) is 22.3. The van der Waals surface area contributed by atoms with Crippen LogP contribution in [-0.4, -0.2) is 69.3 Å². The fourth-order valence-corrected chi connectivity index (χ4v) is 5.52. The van der Waals surface area contributed by atoms with Gasteiger partial charge in [-0.05, 0) is 62.4 Å². The van der Waals surface area contributed by atoms with Crippen molar-refractivity contribution in [1.82, 2.24) is 19.8 Å². The number of nitrogens with one attached hydrogen (secondary N) is 2. The summed E-state index contributed by atoms with van der Waals surface area (Å²) in [6.07, 6.45) is 0. The van der Waals surface area contributed by atoms with Gasteiger partial charge in [0.05, 0.1) is 11.4 Å². The fourth-order valence-electron chi connectivity index (χ4n) is 3.54. The molecule has 0 unspecified atom stereocenters. The Morgan fingerprint density at radius 3 is 1.79 bits per heavy atom. The molecule has 0 saturated carbocycles. The summed E-state index contributed by atoms with van der Waals surface area (Å²) in [5.74, 6) is -0.410. The lowest BCUT2D eigenvalue weighted by atomic mass is 9.95. The molecule has 0 aromatic heterocycles. The van der Waals surface area contributed by atoms with Gasteiger partial charge in [0, 0.05) is 33.2 Å². The number of nitrogens with zero attached hydrogens (tertiary/aromatic N) is 2. The number of urea groups is 1. The molecule has 1 saturated heterocycles. The zero-order chi connectivity index (χ0) is 21.2. The average molecular weight is 411 g/mol. The number of hydrogen-bond acceptors (Lipinski definition) is 5. The number of hydrogen-bond donors (Lipinski definition) is 2. The second kappa shape index (κ2) is 8.59. The molecule has 2 rings (SSSR count). The van der Waals surface area contributed by atoms with Crippen molar-refractivity contribution in [3.05, 3.63) is 27.8 Å². The third-order valence-corrected chi connectivity index (χ3v) is 7.88. The molecular formula is C19H30N4O4S. The summed E-state index contributed by atoms with van der Waals surface area (Å²) in [5.41, 5.74) is 4.74. The van der Waals surface area contributed by atoms with Crippen LogP contribution in [0.1, 0.15) is 27.8 Å². The summed E-state index contributed by atoms with van der Waals surface area (Å²) < 4.78 is 28.2. The lowest BCUT2D eigenvalue weighted by Gasteiger charge is -2.34. The lowest BCUT2D eigenvalue weighted by molar-refractivity contribution is -0.121. The van der Waals surface area contributed by atoms with E-state index < -0.39 is 22.0 Å². The van der Waals surface area contributed by atoms with Gasteiger partial charge in [0.1, 0.15) is 0 Å². The first-order chi connectivity index (χ1) is 13.0. The van der Waals surface area contributed by atoms with Crippen molar-refractivity contribution in [3.8, 4) is 0 Å². The van der Waals surface area contributed by atoms with E-state index in [4.69, 9.17) is 0 Å². The first-order valence-corrected chi connectivity index (χ1v) is 10.8. The zero-order valence-electron chi connectivity index (χ0n) is 17.5. The zero-order valence-corrected chi connectivity index (χ0v) is 18.3. The summed E-state index contributed by atoms with van der Waals surface area (Å²) in [5, 5.41) is 4.54. The minimum Gasteiger partial charge on any atom is -0.341 e. The smallest absolute Gasteiger partial charge is 0.321 e. The SMILES string of the molecule is CNC(=O)NC(=O)CN1CCN(S(=O)(=O)c2c(C)c(C)c(C)c(C)c2C)CC1. The monoisotopic (exact) mass is 410 g/mol. The highest BCUT2D eigenvalue weighted by Crippen LogP contribution is 2.31. The molecule has 1 heterocycles. The summed E-state index contributed by atoms with van der Waals surface area (Å²) in [4.78, 5) is 25.3. The molecule has 0 spiro atoms. The van der Waals surface area contributed by atoms with Crippen LogP contribution < -0.4 is 10.6 Å². The molecule has 1 aromatic rings. The Morgan fingerprint density at radius 1 is 0.857 bits per heavy atom. The van der Waals surface area contributed by atoms with Crippen molar-refractivity contribution in [2.24, 2.45) is 0 Å². The van der Waals surface area contributed by atoms with E-state index >= 15 is 0 Å². The molecule has 2 N–H and O–H groups in total. The number of benzene rings is 1. The summed E-state index contributed by atoms with van der Waals surface area (Å²) in [6.45, 7) is 11.2. The van der Waals surface area contributed by atoms with Crippen LogP contribution in [-0.2, 0) is 14.8 Å². The van der Waals surface area contributed by atoms with Gasteiger partial charge in [-0.1, -0.05) is 0 Å². The van der Waals surface area contributed by atoms with E-state index in [1.54, 1.807) is 0 Å². The Labute approximate surface area is 167 Å². The van der Waals surface area contributed by atoms with Crippen LogP contribution in [0.25, 0.3) is 0 Å². The van der Waals surface area contributed by atoms with E-state index in [-0.39, 0.29) is 6.54 Å². The van der Waals surface area contributed by atoms with Crippen LogP contribution in [0.2, 0.25) is 0 Å². The molecule has 28 heavy (non-hydrogen) atoms. The van der Waals surface area contributed by atoms with Crippen molar-refractivity contribution in [3.63, 3.8) is 0 Å². The number of amides is 3. The molecule has 3 amide bonds. The molecule has 0 atom stereocenters. The van der Waals surface area contributed by atoms with Gasteiger partial charge in [0.2, 0.25) is 15.9 Å². The lowest BCUT2D eigenvalue weighted by Crippen LogP contribution is -2.52. The Kier molecular flexibility index (Phi) is 6.84. The molecular weight excluding hydrogens is 380 g/mol. The second-order valence-corrected chi connectivity index (χ2v) is 9.14. The second-order valence-electron chi connectivity index (χ2n) is 7.26. The molecule has 1 aromatic carbocycles. The summed E-state index contributed by atoms with van der Waals surface area (Å²) in [6, 6.07) is -0.553. The molecule has 9 heteroatoms. The third kappa shape index (κ3) is 4.37. The number of carbonyl (C=O) groups excluding carboxylic acids is 2. The highest BCUT2D eigenvalue weighted by Gasteiger charge is 2.32. The van der Waals surface area contributed by atoms with Crippen LogP contribution in [0.5, 0.6) is 0 Å². The molecule has 0 bridgehead atoms. The predicted octanol–water partition coefficient (Wildman–Crippen LogP) is 0.991. The van der Waals surface area contributed by atoms with Crippen molar-refractivity contribution in [2.75, 3.05) is 39.8 Å². The molecule has 8 nitrogen and oxygen atoms in total. The van der Waals surface area contributed by atoms with Gasteiger partial charge in [-0.3, -0.25) is 15.0 Å². The average Bonchev–Trinajstić information content (AvgIpc) is 2.65. The first-order valence-electron chi connectivity index (χ1n) is 9.31. The van der Waals surface area contributed by atoms with Crippen molar-refractivity contribution in [2.45, 2.75) is 39.5 Å². The third-order valence-electron chi connectivity index (χ3n) is 5.71. The highest BCUT2D eigenvalue weighted by molar-refractivity contribution is 7.89. The number of carbonyl (C=O) groups is 2. The summed E-state index contributed by atoms with van der Waals surface area (Å²) >= 11 is 0. The quantitative estimate of drug-likeness (QED) is 0.771. The number of rotatable bonds is 4. The van der Waals surface area contributed by atoms with Gasteiger partial charge in [0.25, 0.3) is 0 Å². The predicted molar refractivity (Wildman–Crippen MR) is 108 cm³/mol. The number of imide groups is 1. The van der Waals surface area contributed by atoms with E-state index in [0.717, 1.165) is 27.8 Å². The number of sulfonamides is 1. The number of piperazine rings is 1. The van der Waals surface area contributed by atoms with Crippen LogP contribution in [0.4, 0.5) is 4.79 Å². The Morgan fingerprint density at radius 2 is 1.32 bits per heavy atom. The van der Waals surface area contributed by atoms with E-state index in [9.17, 15) is 18.0 Å². The van der Waals surface area contributed by atoms with Crippen LogP contribution in [0.15, 0.2) is 4.90 Å². The van der Waals surface area contributed by atoms with Crippen LogP contribution >= 0.6 is 0 Å². The van der Waals surface area contributed by atoms with Crippen LogP contribution in [0.3, 0.4) is 0 Å². The molecule has 1 fully saturated rings. The van der Waals surface area contributed by atoms with Gasteiger partial charge in [-0.15, -0.1) is 0 Å². The minimum absolute atomic E-state index is 0.0576. The van der Waals surface area contributed by atoms with Crippen LogP contribution in [0, 0.1) is 34.6 Å². The van der Waals surface area contributed by atoms with Gasteiger partial charge in [0.15, 0.2) is 0 Å². The van der Waals surface area contributed by atoms with Gasteiger partial charge < -0.3 is 5.32 Å². The maximum atomic E-state index is 13.3. The maximum absolute atomic E-state index is 13.3. The molecule has 0 aliphatic carbocycles. The summed E-state index contributed by atoms with van der Waals surface area (Å²) in [7, 11) is -2.18. The van der Waals surface area contributed by atoms with E-state index in [1.165, 1.54) is 11.4 Å². The molecule has 1 aliphatic heterocycles. The molecule has 0 radical (unpaired) electrons. The molecule has 156 valence electrons. The van der Waals surface area contributed by atoms with Gasteiger partial charge in [-0.25, -0.2) is 13.2 Å². The Bertz CT molecular complexity index is 859. The van der Waals surface area contributed by atoms with Gasteiger partial charge >= 0.3 is 6.03 Å². The van der Waals surface area contributed by atoms with Crippen molar-refractivity contribution >= 4 is 22.0 Å². The maximum Gasteiger partial charge on any atom is 0.321 e. The Balaban J connectivity index is 2.14. The fraction of sp³-hybridized carbons (Fsp3) is 0.579. The normalized spacial score (nSPS) is 16.1. The van der Waals surface area contributed by atoms with E-state index in [0.29, 0.717) is 31.1 Å². The highest BCUT2D eigenvalue weighted by atomic mass is 32.2. The van der Waals surface area contributed by atoms with E-state index in [2.05, 4.69) is 10.6 Å². The minimum atomic E-state index is -3.62. The van der Waals surface area contributed by atoms with Gasteiger partial charge in [-0.2, -0.15) is 4.31 Å². The van der Waals surface area contributed by atoms with Crippen molar-refractivity contribution in [1.29, 1.82) is 0 Å². The standard InChI is InChI=1S/C19H30N4O4S/c1-12-13(2)15(4)18(16(5)14(12)3)28(26,27)23-9-7-22(8-10-23)11-17(24)21-19(25)20-6/h7-11H2,1-6H3,(H2,20,21,24,25). The Hall–Kier alpha value is -1.97.